The molecule has 0 aliphatic heterocycles. The van der Waals surface area contributed by atoms with Crippen LogP contribution in [0.25, 0.3) is 0 Å². The highest BCUT2D eigenvalue weighted by Gasteiger charge is 2.06. The molecule has 0 aromatic heterocycles. The zero-order valence-electron chi connectivity index (χ0n) is 11.6. The summed E-state index contributed by atoms with van der Waals surface area (Å²) in [5.74, 6) is 0.292. The predicted octanol–water partition coefficient (Wildman–Crippen LogP) is 1.51. The lowest BCUT2D eigenvalue weighted by molar-refractivity contribution is -0.125. The van der Waals surface area contributed by atoms with E-state index in [0.29, 0.717) is 18.9 Å². The highest BCUT2D eigenvalue weighted by Crippen LogP contribution is 1.99. The molecule has 0 heterocycles. The molecule has 2 N–H and O–H groups in total. The van der Waals surface area contributed by atoms with Gasteiger partial charge in [0, 0.05) is 6.54 Å². The van der Waals surface area contributed by atoms with Crippen molar-refractivity contribution >= 4 is 11.8 Å². The van der Waals surface area contributed by atoms with E-state index in [-0.39, 0.29) is 18.4 Å². The average molecular weight is 262 g/mol. The van der Waals surface area contributed by atoms with E-state index in [1.807, 2.05) is 30.3 Å². The topological polar surface area (TPSA) is 58.2 Å². The Morgan fingerprint density at radius 2 is 1.74 bits per heavy atom. The molecule has 0 bridgehead atoms. The Hall–Kier alpha value is -1.84. The third kappa shape index (κ3) is 7.24. The number of benzene rings is 1. The van der Waals surface area contributed by atoms with Crippen molar-refractivity contribution < 1.29 is 9.59 Å². The summed E-state index contributed by atoms with van der Waals surface area (Å²) in [5.41, 5.74) is 0.945. The van der Waals surface area contributed by atoms with Crippen LogP contribution in [0.1, 0.15) is 25.8 Å². The summed E-state index contributed by atoms with van der Waals surface area (Å²) in [4.78, 5) is 23.1. The fourth-order valence-corrected chi connectivity index (χ4v) is 1.59. The second-order valence-corrected chi connectivity index (χ2v) is 4.97. The van der Waals surface area contributed by atoms with E-state index in [0.717, 1.165) is 12.0 Å². The monoisotopic (exact) mass is 262 g/mol. The van der Waals surface area contributed by atoms with Gasteiger partial charge in [-0.15, -0.1) is 0 Å². The molecule has 4 nitrogen and oxygen atoms in total. The summed E-state index contributed by atoms with van der Waals surface area (Å²) in [6, 6.07) is 9.47. The Bertz CT molecular complexity index is 402. The largest absolute Gasteiger partial charge is 0.355 e. The number of rotatable bonds is 7. The van der Waals surface area contributed by atoms with Gasteiger partial charge in [-0.25, -0.2) is 0 Å². The minimum Gasteiger partial charge on any atom is -0.355 e. The minimum atomic E-state index is -0.137. The number of amides is 2. The van der Waals surface area contributed by atoms with E-state index < -0.39 is 0 Å². The van der Waals surface area contributed by atoms with Crippen LogP contribution in [0.3, 0.4) is 0 Å². The van der Waals surface area contributed by atoms with Crippen molar-refractivity contribution in [1.82, 2.24) is 10.6 Å². The molecule has 0 saturated heterocycles. The molecular formula is C15H22N2O2. The molecule has 0 aliphatic carbocycles. The molecule has 1 aromatic carbocycles. The van der Waals surface area contributed by atoms with Crippen molar-refractivity contribution in [3.05, 3.63) is 35.9 Å². The predicted molar refractivity (Wildman–Crippen MR) is 75.6 cm³/mol. The lowest BCUT2D eigenvalue weighted by Gasteiger charge is -2.08. The molecule has 0 unspecified atom stereocenters. The van der Waals surface area contributed by atoms with Gasteiger partial charge in [-0.05, 0) is 17.9 Å². The Morgan fingerprint density at radius 3 is 2.37 bits per heavy atom. The molecule has 2 amide bonds. The van der Waals surface area contributed by atoms with Crippen LogP contribution in [0.2, 0.25) is 0 Å². The smallest absolute Gasteiger partial charge is 0.239 e. The Labute approximate surface area is 114 Å². The Morgan fingerprint density at radius 1 is 1.05 bits per heavy atom. The lowest BCUT2D eigenvalue weighted by atomic mass is 10.1. The first-order valence-corrected chi connectivity index (χ1v) is 6.65. The summed E-state index contributed by atoms with van der Waals surface area (Å²) >= 11 is 0. The highest BCUT2D eigenvalue weighted by atomic mass is 16.2. The first kappa shape index (κ1) is 15.2. The standard InChI is InChI=1S/C15H22N2O2/c1-12(2)8-9-16-15(19)11-17-14(18)10-13-6-4-3-5-7-13/h3-7,12H,8-11H2,1-2H3,(H,16,19)(H,17,18). The molecular weight excluding hydrogens is 240 g/mol. The van der Waals surface area contributed by atoms with Crippen molar-refractivity contribution in [2.75, 3.05) is 13.1 Å². The van der Waals surface area contributed by atoms with Gasteiger partial charge in [0.05, 0.1) is 13.0 Å². The maximum atomic E-state index is 11.6. The zero-order chi connectivity index (χ0) is 14.1. The third-order valence-electron chi connectivity index (χ3n) is 2.70. The maximum Gasteiger partial charge on any atom is 0.239 e. The number of hydrogen-bond donors (Lipinski definition) is 2. The fourth-order valence-electron chi connectivity index (χ4n) is 1.59. The van der Waals surface area contributed by atoms with Crippen LogP contribution in [0.15, 0.2) is 30.3 Å². The maximum absolute atomic E-state index is 11.6. The summed E-state index contributed by atoms with van der Waals surface area (Å²) in [5, 5.41) is 5.40. The van der Waals surface area contributed by atoms with Crippen molar-refractivity contribution in [3.8, 4) is 0 Å². The molecule has 19 heavy (non-hydrogen) atoms. The van der Waals surface area contributed by atoms with E-state index in [2.05, 4.69) is 24.5 Å². The first-order chi connectivity index (χ1) is 9.08. The number of carbonyl (C=O) groups excluding carboxylic acids is 2. The van der Waals surface area contributed by atoms with Gasteiger partial charge in [-0.1, -0.05) is 44.2 Å². The van der Waals surface area contributed by atoms with Gasteiger partial charge in [0.2, 0.25) is 11.8 Å². The van der Waals surface area contributed by atoms with Crippen molar-refractivity contribution in [3.63, 3.8) is 0 Å². The van der Waals surface area contributed by atoms with E-state index in [1.54, 1.807) is 0 Å². The van der Waals surface area contributed by atoms with Crippen molar-refractivity contribution in [1.29, 1.82) is 0 Å². The van der Waals surface area contributed by atoms with Crippen LogP contribution >= 0.6 is 0 Å². The zero-order valence-corrected chi connectivity index (χ0v) is 11.6. The van der Waals surface area contributed by atoms with Gasteiger partial charge in [0.25, 0.3) is 0 Å². The average Bonchev–Trinajstić information content (AvgIpc) is 2.37. The Kier molecular flexibility index (Phi) is 6.64. The summed E-state index contributed by atoms with van der Waals surface area (Å²) in [7, 11) is 0. The highest BCUT2D eigenvalue weighted by molar-refractivity contribution is 5.85. The normalized spacial score (nSPS) is 10.3. The van der Waals surface area contributed by atoms with Gasteiger partial charge in [0.15, 0.2) is 0 Å². The minimum absolute atomic E-state index is 0.0454. The summed E-state index contributed by atoms with van der Waals surface area (Å²) in [6.07, 6.45) is 1.25. The van der Waals surface area contributed by atoms with Gasteiger partial charge < -0.3 is 10.6 Å². The molecule has 0 fully saturated rings. The van der Waals surface area contributed by atoms with Crippen LogP contribution in [-0.4, -0.2) is 24.9 Å². The lowest BCUT2D eigenvalue weighted by Crippen LogP contribution is -2.38. The van der Waals surface area contributed by atoms with Crippen LogP contribution in [0.4, 0.5) is 0 Å². The molecule has 1 rings (SSSR count). The number of hydrogen-bond acceptors (Lipinski definition) is 2. The summed E-state index contributed by atoms with van der Waals surface area (Å²) in [6.45, 7) is 4.91. The quantitative estimate of drug-likeness (QED) is 0.782. The second-order valence-electron chi connectivity index (χ2n) is 4.97. The molecule has 0 radical (unpaired) electrons. The van der Waals surface area contributed by atoms with Crippen LogP contribution in [0, 0.1) is 5.92 Å². The van der Waals surface area contributed by atoms with E-state index in [4.69, 9.17) is 0 Å². The third-order valence-corrected chi connectivity index (χ3v) is 2.70. The first-order valence-electron chi connectivity index (χ1n) is 6.65. The molecule has 0 saturated carbocycles. The molecule has 4 heteroatoms. The van der Waals surface area contributed by atoms with Crippen LogP contribution < -0.4 is 10.6 Å². The van der Waals surface area contributed by atoms with E-state index in [1.165, 1.54) is 0 Å². The van der Waals surface area contributed by atoms with E-state index >= 15 is 0 Å². The van der Waals surface area contributed by atoms with Crippen molar-refractivity contribution in [2.24, 2.45) is 5.92 Å². The molecule has 0 atom stereocenters. The summed E-state index contributed by atoms with van der Waals surface area (Å²) < 4.78 is 0. The number of carbonyl (C=O) groups is 2. The van der Waals surface area contributed by atoms with Gasteiger partial charge in [-0.2, -0.15) is 0 Å². The van der Waals surface area contributed by atoms with Gasteiger partial charge >= 0.3 is 0 Å². The van der Waals surface area contributed by atoms with E-state index in [9.17, 15) is 9.59 Å². The molecule has 104 valence electrons. The molecule has 1 aromatic rings. The molecule has 0 spiro atoms. The van der Waals surface area contributed by atoms with Crippen LogP contribution in [0.5, 0.6) is 0 Å². The Balaban J connectivity index is 2.18. The molecule has 0 aliphatic rings. The fraction of sp³-hybridized carbons (Fsp3) is 0.467. The van der Waals surface area contributed by atoms with Crippen LogP contribution in [-0.2, 0) is 16.0 Å². The SMILES string of the molecule is CC(C)CCNC(=O)CNC(=O)Cc1ccccc1. The number of nitrogens with one attached hydrogen (secondary N) is 2. The second kappa shape index (κ2) is 8.29. The van der Waals surface area contributed by atoms with Crippen molar-refractivity contribution in [2.45, 2.75) is 26.7 Å². The van der Waals surface area contributed by atoms with Gasteiger partial charge in [-0.3, -0.25) is 9.59 Å². The van der Waals surface area contributed by atoms with Gasteiger partial charge in [0.1, 0.15) is 0 Å².